The molecule has 3 N–H and O–H groups in total. The molecule has 19 heavy (non-hydrogen) atoms. The molecule has 1 amide bonds. The lowest BCUT2D eigenvalue weighted by molar-refractivity contribution is -0.113. The number of aliphatic hydroxyl groups is 2. The van der Waals surface area contributed by atoms with Crippen molar-refractivity contribution in [2.45, 2.75) is 6.10 Å². The van der Waals surface area contributed by atoms with Gasteiger partial charge in [0, 0.05) is 10.8 Å². The smallest absolute Gasteiger partial charge is 0.237 e. The molecule has 0 aliphatic heterocycles. The van der Waals surface area contributed by atoms with Crippen molar-refractivity contribution in [3.8, 4) is 5.75 Å². The zero-order chi connectivity index (χ0) is 14.3. The Bertz CT molecular complexity index is 452. The van der Waals surface area contributed by atoms with E-state index in [-0.39, 0.29) is 11.5 Å². The first kappa shape index (κ1) is 15.6. The Morgan fingerprint density at radius 3 is 2.79 bits per heavy atom. The van der Waals surface area contributed by atoms with Crippen LogP contribution in [0.1, 0.15) is 0 Å². The van der Waals surface area contributed by atoms with Gasteiger partial charge in [-0.3, -0.25) is 9.00 Å². The van der Waals surface area contributed by atoms with Crippen molar-refractivity contribution in [3.63, 3.8) is 0 Å². The predicted molar refractivity (Wildman–Crippen MR) is 72.6 cm³/mol. The van der Waals surface area contributed by atoms with E-state index in [2.05, 4.69) is 5.32 Å². The SMILES string of the molecule is COc1ccccc1NC(=O)CS(=O)CC(O)CO. The highest BCUT2D eigenvalue weighted by Crippen LogP contribution is 2.22. The maximum atomic E-state index is 11.7. The zero-order valence-electron chi connectivity index (χ0n) is 10.5. The molecule has 2 atom stereocenters. The third-order valence-electron chi connectivity index (χ3n) is 2.26. The molecule has 106 valence electrons. The van der Waals surface area contributed by atoms with E-state index < -0.39 is 29.4 Å². The summed E-state index contributed by atoms with van der Waals surface area (Å²) in [6, 6.07) is 6.87. The van der Waals surface area contributed by atoms with E-state index in [1.54, 1.807) is 24.3 Å². The molecule has 0 bridgehead atoms. The van der Waals surface area contributed by atoms with Gasteiger partial charge in [0.2, 0.25) is 5.91 Å². The summed E-state index contributed by atoms with van der Waals surface area (Å²) < 4.78 is 16.6. The summed E-state index contributed by atoms with van der Waals surface area (Å²) in [7, 11) is -0.0383. The van der Waals surface area contributed by atoms with Crippen LogP contribution in [0, 0.1) is 0 Å². The van der Waals surface area contributed by atoms with Gasteiger partial charge in [0.1, 0.15) is 11.5 Å². The fourth-order valence-corrected chi connectivity index (χ4v) is 2.42. The fraction of sp³-hybridized carbons (Fsp3) is 0.417. The molecule has 0 aliphatic rings. The fourth-order valence-electron chi connectivity index (χ4n) is 1.41. The lowest BCUT2D eigenvalue weighted by atomic mass is 10.3. The minimum Gasteiger partial charge on any atom is -0.495 e. The minimum absolute atomic E-state index is 0.129. The molecule has 6 nitrogen and oxygen atoms in total. The Morgan fingerprint density at radius 1 is 1.47 bits per heavy atom. The number of amides is 1. The van der Waals surface area contributed by atoms with Gasteiger partial charge in [-0.15, -0.1) is 0 Å². The summed E-state index contributed by atoms with van der Waals surface area (Å²) in [6.07, 6.45) is -1.07. The van der Waals surface area contributed by atoms with Crippen LogP contribution < -0.4 is 10.1 Å². The van der Waals surface area contributed by atoms with Gasteiger partial charge in [0.25, 0.3) is 0 Å². The minimum atomic E-state index is -1.53. The van der Waals surface area contributed by atoms with Crippen molar-refractivity contribution in [2.24, 2.45) is 0 Å². The standard InChI is InChI=1S/C12H17NO5S/c1-18-11-5-3-2-4-10(11)13-12(16)8-19(17)7-9(15)6-14/h2-5,9,14-15H,6-8H2,1H3,(H,13,16). The second kappa shape index (κ2) is 7.88. The number of para-hydroxylation sites is 2. The van der Waals surface area contributed by atoms with Crippen LogP contribution in [-0.4, -0.2) is 51.7 Å². The molecule has 0 radical (unpaired) electrons. The van der Waals surface area contributed by atoms with Gasteiger partial charge in [0.05, 0.1) is 31.3 Å². The first-order chi connectivity index (χ1) is 9.06. The van der Waals surface area contributed by atoms with Gasteiger partial charge in [0.15, 0.2) is 0 Å². The topological polar surface area (TPSA) is 95.9 Å². The maximum absolute atomic E-state index is 11.7. The number of hydrogen-bond acceptors (Lipinski definition) is 5. The number of anilines is 1. The Kier molecular flexibility index (Phi) is 6.48. The van der Waals surface area contributed by atoms with E-state index in [9.17, 15) is 9.00 Å². The predicted octanol–water partition coefficient (Wildman–Crippen LogP) is -0.264. The van der Waals surface area contributed by atoms with E-state index in [4.69, 9.17) is 14.9 Å². The summed E-state index contributed by atoms with van der Waals surface area (Å²) in [4.78, 5) is 11.7. The van der Waals surface area contributed by atoms with Crippen LogP contribution in [0.5, 0.6) is 5.75 Å². The van der Waals surface area contributed by atoms with E-state index in [1.165, 1.54) is 7.11 Å². The molecule has 2 unspecified atom stereocenters. The molecule has 0 saturated carbocycles. The summed E-state index contributed by atoms with van der Waals surface area (Å²) in [6.45, 7) is -0.472. The van der Waals surface area contributed by atoms with Gasteiger partial charge < -0.3 is 20.3 Å². The van der Waals surface area contributed by atoms with Gasteiger partial charge >= 0.3 is 0 Å². The first-order valence-corrected chi connectivity index (χ1v) is 7.12. The van der Waals surface area contributed by atoms with Crippen molar-refractivity contribution in [1.82, 2.24) is 0 Å². The van der Waals surface area contributed by atoms with Gasteiger partial charge in [-0.05, 0) is 12.1 Å². The number of methoxy groups -OCH3 is 1. The number of carbonyl (C=O) groups is 1. The van der Waals surface area contributed by atoms with E-state index in [1.807, 2.05) is 0 Å². The summed E-state index contributed by atoms with van der Waals surface area (Å²) in [5.41, 5.74) is 0.495. The van der Waals surface area contributed by atoms with Crippen LogP contribution in [0.15, 0.2) is 24.3 Å². The second-order valence-electron chi connectivity index (χ2n) is 3.84. The second-order valence-corrected chi connectivity index (χ2v) is 5.34. The van der Waals surface area contributed by atoms with Crippen LogP contribution in [0.25, 0.3) is 0 Å². The average molecular weight is 287 g/mol. The van der Waals surface area contributed by atoms with Crippen molar-refractivity contribution < 1.29 is 24.0 Å². The number of benzene rings is 1. The van der Waals surface area contributed by atoms with Gasteiger partial charge in [-0.2, -0.15) is 0 Å². The molecule has 1 aromatic rings. The Labute approximate surface area is 113 Å². The summed E-state index contributed by atoms with van der Waals surface area (Å²) >= 11 is 0. The van der Waals surface area contributed by atoms with Crippen molar-refractivity contribution in [2.75, 3.05) is 30.5 Å². The molecule has 0 spiro atoms. The van der Waals surface area contributed by atoms with Gasteiger partial charge in [-0.25, -0.2) is 0 Å². The number of aliphatic hydroxyl groups excluding tert-OH is 2. The number of nitrogens with one attached hydrogen (secondary N) is 1. The highest BCUT2D eigenvalue weighted by molar-refractivity contribution is 7.85. The van der Waals surface area contributed by atoms with Crippen molar-refractivity contribution >= 4 is 22.4 Å². The van der Waals surface area contributed by atoms with Crippen molar-refractivity contribution in [3.05, 3.63) is 24.3 Å². The van der Waals surface area contributed by atoms with E-state index >= 15 is 0 Å². The molecular formula is C12H17NO5S. The van der Waals surface area contributed by atoms with E-state index in [0.29, 0.717) is 11.4 Å². The molecule has 1 aromatic carbocycles. The first-order valence-electron chi connectivity index (χ1n) is 5.63. The average Bonchev–Trinajstić information content (AvgIpc) is 2.38. The quantitative estimate of drug-likeness (QED) is 0.642. The third kappa shape index (κ3) is 5.37. The van der Waals surface area contributed by atoms with Crippen LogP contribution in [-0.2, 0) is 15.6 Å². The Balaban J connectivity index is 2.53. The molecule has 0 aromatic heterocycles. The normalized spacial score (nSPS) is 13.6. The lowest BCUT2D eigenvalue weighted by Gasteiger charge is -2.10. The third-order valence-corrected chi connectivity index (χ3v) is 3.60. The van der Waals surface area contributed by atoms with Crippen LogP contribution in [0.3, 0.4) is 0 Å². The zero-order valence-corrected chi connectivity index (χ0v) is 11.4. The van der Waals surface area contributed by atoms with Crippen molar-refractivity contribution in [1.29, 1.82) is 0 Å². The highest BCUT2D eigenvalue weighted by Gasteiger charge is 2.13. The summed E-state index contributed by atoms with van der Waals surface area (Å²) in [5, 5.41) is 20.3. The number of hydrogen-bond donors (Lipinski definition) is 3. The Morgan fingerprint density at radius 2 is 2.16 bits per heavy atom. The molecule has 0 aliphatic carbocycles. The summed E-state index contributed by atoms with van der Waals surface area (Å²) in [5.74, 6) is -0.296. The lowest BCUT2D eigenvalue weighted by Crippen LogP contribution is -2.27. The van der Waals surface area contributed by atoms with Gasteiger partial charge in [-0.1, -0.05) is 12.1 Å². The molecular weight excluding hydrogens is 270 g/mol. The monoisotopic (exact) mass is 287 g/mol. The number of carbonyl (C=O) groups excluding carboxylic acids is 1. The van der Waals surface area contributed by atoms with Crippen LogP contribution >= 0.6 is 0 Å². The molecule has 7 heteroatoms. The largest absolute Gasteiger partial charge is 0.495 e. The molecule has 0 saturated heterocycles. The molecule has 1 rings (SSSR count). The molecule has 0 fully saturated rings. The van der Waals surface area contributed by atoms with Crippen LogP contribution in [0.4, 0.5) is 5.69 Å². The maximum Gasteiger partial charge on any atom is 0.237 e. The Hall–Kier alpha value is -1.44. The number of rotatable bonds is 7. The number of ether oxygens (including phenoxy) is 1. The molecule has 0 heterocycles. The highest BCUT2D eigenvalue weighted by atomic mass is 32.2. The van der Waals surface area contributed by atoms with Crippen LogP contribution in [0.2, 0.25) is 0 Å². The van der Waals surface area contributed by atoms with E-state index in [0.717, 1.165) is 0 Å².